The number of nitrogens with zero attached hydrogens (tertiary/aromatic N) is 4. The van der Waals surface area contributed by atoms with Gasteiger partial charge in [-0.3, -0.25) is 0 Å². The molecule has 0 unspecified atom stereocenters. The monoisotopic (exact) mass is 348 g/mol. The van der Waals surface area contributed by atoms with Gasteiger partial charge in [-0.15, -0.1) is 0 Å². The van der Waals surface area contributed by atoms with Gasteiger partial charge in [-0.25, -0.2) is 14.8 Å². The Morgan fingerprint density at radius 2 is 1.52 bits per heavy atom. The molecule has 2 saturated carbocycles. The van der Waals surface area contributed by atoms with Gasteiger partial charge in [0.1, 0.15) is 6.07 Å². The van der Waals surface area contributed by atoms with Crippen LogP contribution in [0.25, 0.3) is 0 Å². The predicted molar refractivity (Wildman–Crippen MR) is 95.1 cm³/mol. The second-order valence-electron chi connectivity index (χ2n) is 6.22. The van der Waals surface area contributed by atoms with Gasteiger partial charge in [0.05, 0.1) is 24.7 Å². The number of carbonyl (C=O) groups is 1. The molecule has 0 atom stereocenters. The Kier molecular flexibility index (Phi) is 11.0. The second kappa shape index (κ2) is 13.1. The Morgan fingerprint density at radius 1 is 1.04 bits per heavy atom. The Morgan fingerprint density at radius 3 is 1.88 bits per heavy atom. The van der Waals surface area contributed by atoms with Gasteiger partial charge in [0, 0.05) is 0 Å². The van der Waals surface area contributed by atoms with E-state index in [1.165, 1.54) is 70.3 Å². The Hall–Kier alpha value is -2.19. The van der Waals surface area contributed by atoms with E-state index >= 15 is 0 Å². The largest absolute Gasteiger partial charge is 0.461 e. The molecule has 138 valence electrons. The summed E-state index contributed by atoms with van der Waals surface area (Å²) >= 11 is 0. The summed E-state index contributed by atoms with van der Waals surface area (Å²) in [5, 5.41) is 18.5. The van der Waals surface area contributed by atoms with Crippen LogP contribution in [0.2, 0.25) is 0 Å². The molecule has 2 aliphatic rings. The normalized spacial score (nSPS) is 18.8. The number of ether oxygens (including phenoxy) is 1. The minimum absolute atomic E-state index is 0.152. The number of hydrogen-bond acceptors (Lipinski definition) is 7. The van der Waals surface area contributed by atoms with Gasteiger partial charge in [-0.1, -0.05) is 43.7 Å². The molecule has 7 heteroatoms. The summed E-state index contributed by atoms with van der Waals surface area (Å²) in [6.07, 6.45) is 13.2. The van der Waals surface area contributed by atoms with E-state index in [-0.39, 0.29) is 6.61 Å². The van der Waals surface area contributed by atoms with E-state index < -0.39 is 11.7 Å². The average molecular weight is 348 g/mol. The molecule has 0 spiro atoms. The zero-order valence-corrected chi connectivity index (χ0v) is 15.0. The lowest BCUT2D eigenvalue weighted by molar-refractivity contribution is -0.135. The summed E-state index contributed by atoms with van der Waals surface area (Å²) in [5.41, 5.74) is -0.637. The molecule has 1 N–H and O–H groups in total. The summed E-state index contributed by atoms with van der Waals surface area (Å²) in [5.74, 6) is -0.910. The lowest BCUT2D eigenvalue weighted by atomic mass is 9.96. The quantitative estimate of drug-likeness (QED) is 0.361. The number of rotatable bonds is 4. The summed E-state index contributed by atoms with van der Waals surface area (Å²) in [6.45, 7) is 1.74. The van der Waals surface area contributed by atoms with Gasteiger partial charge in [-0.2, -0.15) is 5.26 Å². The number of aliphatic imine (C=N–C) groups is 2. The van der Waals surface area contributed by atoms with Crippen molar-refractivity contribution in [3.05, 3.63) is 0 Å². The van der Waals surface area contributed by atoms with Crippen LogP contribution in [0, 0.1) is 11.3 Å². The zero-order chi connectivity index (χ0) is 18.3. The molecule has 2 fully saturated rings. The Bertz CT molecular complexity index is 499. The highest BCUT2D eigenvalue weighted by Gasteiger charge is 2.13. The summed E-state index contributed by atoms with van der Waals surface area (Å²) in [4.78, 5) is 19.4. The van der Waals surface area contributed by atoms with E-state index in [0.29, 0.717) is 12.1 Å². The maximum atomic E-state index is 10.5. The Balaban J connectivity index is 0.000000275. The number of carbonyl (C=O) groups excluding carboxylic acids is 1. The number of esters is 1. The van der Waals surface area contributed by atoms with Crippen LogP contribution in [0.3, 0.4) is 0 Å². The van der Waals surface area contributed by atoms with E-state index in [1.807, 2.05) is 0 Å². The molecular weight excluding hydrogens is 320 g/mol. The van der Waals surface area contributed by atoms with Crippen molar-refractivity contribution in [3.8, 4) is 6.07 Å². The molecule has 0 radical (unpaired) electrons. The van der Waals surface area contributed by atoms with Crippen molar-refractivity contribution in [2.24, 2.45) is 15.1 Å². The van der Waals surface area contributed by atoms with Gasteiger partial charge >= 0.3 is 5.97 Å². The molecule has 2 aliphatic carbocycles. The van der Waals surface area contributed by atoms with Crippen LogP contribution in [0.1, 0.15) is 71.1 Å². The van der Waals surface area contributed by atoms with E-state index in [9.17, 15) is 4.79 Å². The topological polar surface area (TPSA) is 107 Å². The third-order valence-corrected chi connectivity index (χ3v) is 4.30. The van der Waals surface area contributed by atoms with Crippen LogP contribution in [0.15, 0.2) is 15.1 Å². The smallest absolute Gasteiger partial charge is 0.371 e. The first-order valence-electron chi connectivity index (χ1n) is 9.15. The molecule has 0 aromatic rings. The van der Waals surface area contributed by atoms with Crippen molar-refractivity contribution in [2.45, 2.75) is 83.2 Å². The Labute approximate surface area is 149 Å². The molecular formula is C18H28N4O3. The number of oxime groups is 1. The third-order valence-electron chi connectivity index (χ3n) is 4.30. The average Bonchev–Trinajstić information content (AvgIpc) is 2.65. The highest BCUT2D eigenvalue weighted by molar-refractivity contribution is 6.42. The van der Waals surface area contributed by atoms with E-state index in [0.717, 1.165) is 0 Å². The van der Waals surface area contributed by atoms with Crippen LogP contribution < -0.4 is 0 Å². The van der Waals surface area contributed by atoms with Crippen molar-refractivity contribution < 1.29 is 14.7 Å². The van der Waals surface area contributed by atoms with Crippen molar-refractivity contribution in [3.63, 3.8) is 0 Å². The van der Waals surface area contributed by atoms with Crippen molar-refractivity contribution in [2.75, 3.05) is 6.61 Å². The van der Waals surface area contributed by atoms with Crippen LogP contribution in [0.4, 0.5) is 0 Å². The van der Waals surface area contributed by atoms with Gasteiger partial charge in [0.15, 0.2) is 0 Å². The zero-order valence-electron chi connectivity index (χ0n) is 15.0. The van der Waals surface area contributed by atoms with Crippen LogP contribution in [-0.4, -0.2) is 41.6 Å². The summed E-state index contributed by atoms with van der Waals surface area (Å²) < 4.78 is 4.33. The highest BCUT2D eigenvalue weighted by Crippen LogP contribution is 2.21. The number of nitriles is 1. The van der Waals surface area contributed by atoms with Crippen molar-refractivity contribution >= 4 is 17.7 Å². The molecule has 25 heavy (non-hydrogen) atoms. The number of hydrogen-bond donors (Lipinski definition) is 1. The maximum Gasteiger partial charge on any atom is 0.371 e. The summed E-state index contributed by atoms with van der Waals surface area (Å²) in [6, 6.07) is 5.40. The van der Waals surface area contributed by atoms with Crippen LogP contribution in [-0.2, 0) is 9.53 Å². The van der Waals surface area contributed by atoms with E-state index in [2.05, 4.69) is 25.9 Å². The molecule has 2 rings (SSSR count). The first-order valence-corrected chi connectivity index (χ1v) is 9.15. The minimum atomic E-state index is -0.910. The summed E-state index contributed by atoms with van der Waals surface area (Å²) in [7, 11) is 0. The standard InChI is InChI=1S/C13H22N2.C5H6N2O3/c1-3-7-12(8-4-1)14-11-15-13-9-5-2-6-10-13;1-2-10-5(8)4(3-6)7-9/h12-13H,1-10H2;9H,2H2,1H3. The fourth-order valence-corrected chi connectivity index (χ4v) is 2.93. The highest BCUT2D eigenvalue weighted by atomic mass is 16.5. The minimum Gasteiger partial charge on any atom is -0.461 e. The molecule has 0 aromatic heterocycles. The van der Waals surface area contributed by atoms with Gasteiger partial charge in [0.25, 0.3) is 5.71 Å². The first-order chi connectivity index (χ1) is 12.2. The van der Waals surface area contributed by atoms with Gasteiger partial charge in [-0.05, 0) is 32.6 Å². The van der Waals surface area contributed by atoms with Crippen LogP contribution in [0.5, 0.6) is 0 Å². The fourth-order valence-electron chi connectivity index (χ4n) is 2.93. The SMILES string of the molecule is C(=NC1CCCCC1)=NC1CCCCC1.CCOC(=O)C(C#N)=NO. The maximum absolute atomic E-state index is 10.5. The molecule has 0 aromatic carbocycles. The van der Waals surface area contributed by atoms with Gasteiger partial charge in [0.2, 0.25) is 0 Å². The molecule has 0 heterocycles. The van der Waals surface area contributed by atoms with E-state index in [1.54, 1.807) is 6.92 Å². The molecule has 0 bridgehead atoms. The lowest BCUT2D eigenvalue weighted by Gasteiger charge is -2.17. The fraction of sp³-hybridized carbons (Fsp3) is 0.778. The third kappa shape index (κ3) is 9.02. The predicted octanol–water partition coefficient (Wildman–Crippen LogP) is 3.73. The van der Waals surface area contributed by atoms with E-state index in [4.69, 9.17) is 10.5 Å². The molecule has 0 saturated heterocycles. The first kappa shape index (κ1) is 20.9. The molecule has 0 aliphatic heterocycles. The second-order valence-corrected chi connectivity index (χ2v) is 6.22. The van der Waals surface area contributed by atoms with Crippen molar-refractivity contribution in [1.29, 1.82) is 5.26 Å². The van der Waals surface area contributed by atoms with Gasteiger partial charge < -0.3 is 9.94 Å². The molecule has 0 amide bonds. The van der Waals surface area contributed by atoms with Crippen molar-refractivity contribution in [1.82, 2.24) is 0 Å². The van der Waals surface area contributed by atoms with Crippen LogP contribution >= 0.6 is 0 Å². The molecule has 7 nitrogen and oxygen atoms in total. The lowest BCUT2D eigenvalue weighted by Crippen LogP contribution is -2.15.